The SMILES string of the molecule is CCOc1nccc2c(C(=O)c3c(F)cc(C(C)OC(N)=O)c(OCc4ccccc4)c3F)cccc12. The number of pyridine rings is 1. The molecular formula is C28H24F2N2O5. The van der Waals surface area contributed by atoms with Crippen molar-refractivity contribution in [1.82, 2.24) is 4.98 Å². The molecular weight excluding hydrogens is 482 g/mol. The summed E-state index contributed by atoms with van der Waals surface area (Å²) in [7, 11) is 0. The summed E-state index contributed by atoms with van der Waals surface area (Å²) in [6, 6.07) is 16.1. The van der Waals surface area contributed by atoms with Crippen LogP contribution in [0.4, 0.5) is 13.6 Å². The summed E-state index contributed by atoms with van der Waals surface area (Å²) in [6.07, 6.45) is -0.817. The summed E-state index contributed by atoms with van der Waals surface area (Å²) in [5, 5.41) is 0.947. The third kappa shape index (κ3) is 5.35. The molecule has 1 unspecified atom stereocenters. The van der Waals surface area contributed by atoms with Crippen molar-refractivity contribution in [1.29, 1.82) is 0 Å². The highest BCUT2D eigenvalue weighted by Crippen LogP contribution is 2.36. The number of fused-ring (bicyclic) bond motifs is 1. The highest BCUT2D eigenvalue weighted by Gasteiger charge is 2.29. The first kappa shape index (κ1) is 25.6. The van der Waals surface area contributed by atoms with Crippen LogP contribution in [0, 0.1) is 11.6 Å². The van der Waals surface area contributed by atoms with E-state index in [2.05, 4.69) is 4.98 Å². The normalized spacial score (nSPS) is 11.7. The molecule has 0 saturated heterocycles. The van der Waals surface area contributed by atoms with Crippen LogP contribution in [-0.4, -0.2) is 23.5 Å². The Labute approximate surface area is 211 Å². The number of carbonyl (C=O) groups is 2. The van der Waals surface area contributed by atoms with Crippen LogP contribution in [0.15, 0.2) is 66.9 Å². The number of ketones is 1. The second-order valence-corrected chi connectivity index (χ2v) is 8.10. The molecule has 190 valence electrons. The Bertz CT molecular complexity index is 1460. The molecule has 0 bridgehead atoms. The average molecular weight is 507 g/mol. The topological polar surface area (TPSA) is 101 Å². The van der Waals surface area contributed by atoms with Crippen molar-refractivity contribution >= 4 is 22.6 Å². The third-order valence-corrected chi connectivity index (χ3v) is 5.68. The monoisotopic (exact) mass is 506 g/mol. The van der Waals surface area contributed by atoms with Gasteiger partial charge in [-0.2, -0.15) is 0 Å². The molecule has 1 atom stereocenters. The van der Waals surface area contributed by atoms with Crippen molar-refractivity contribution in [3.8, 4) is 11.6 Å². The summed E-state index contributed by atoms with van der Waals surface area (Å²) in [4.78, 5) is 29.0. The van der Waals surface area contributed by atoms with Gasteiger partial charge in [-0.1, -0.05) is 42.5 Å². The van der Waals surface area contributed by atoms with Crippen molar-refractivity contribution in [2.75, 3.05) is 6.61 Å². The van der Waals surface area contributed by atoms with E-state index in [0.29, 0.717) is 28.8 Å². The zero-order valence-electron chi connectivity index (χ0n) is 20.2. The Morgan fingerprint density at radius 1 is 1.00 bits per heavy atom. The van der Waals surface area contributed by atoms with Crippen LogP contribution in [0.5, 0.6) is 11.6 Å². The number of hydrogen-bond donors (Lipinski definition) is 1. The first-order valence-corrected chi connectivity index (χ1v) is 11.5. The lowest BCUT2D eigenvalue weighted by Crippen LogP contribution is -2.18. The molecule has 1 heterocycles. The van der Waals surface area contributed by atoms with Crippen LogP contribution in [0.3, 0.4) is 0 Å². The summed E-state index contributed by atoms with van der Waals surface area (Å²) < 4.78 is 47.5. The Morgan fingerprint density at radius 3 is 2.46 bits per heavy atom. The number of hydrogen-bond acceptors (Lipinski definition) is 6. The summed E-state index contributed by atoms with van der Waals surface area (Å²) in [5.74, 6) is -3.36. The minimum atomic E-state index is -1.22. The maximum atomic E-state index is 15.9. The van der Waals surface area contributed by atoms with Crippen LogP contribution in [0.25, 0.3) is 10.8 Å². The summed E-state index contributed by atoms with van der Waals surface area (Å²) >= 11 is 0. The van der Waals surface area contributed by atoms with E-state index >= 15 is 8.78 Å². The second-order valence-electron chi connectivity index (χ2n) is 8.10. The standard InChI is InChI=1S/C28H24F2N2O5/c1-3-35-27-20-11-7-10-19(18(20)12-13-32-27)25(33)23-22(29)14-21(16(2)37-28(31)34)26(24(23)30)36-15-17-8-5-4-6-9-17/h4-14,16H,3,15H2,1-2H3,(H2,31,34). The van der Waals surface area contributed by atoms with Gasteiger partial charge >= 0.3 is 6.09 Å². The molecule has 3 aromatic carbocycles. The third-order valence-electron chi connectivity index (χ3n) is 5.68. The van der Waals surface area contributed by atoms with Gasteiger partial charge in [-0.15, -0.1) is 0 Å². The lowest BCUT2D eigenvalue weighted by atomic mass is 9.95. The molecule has 0 spiro atoms. The van der Waals surface area contributed by atoms with Crippen LogP contribution in [0.2, 0.25) is 0 Å². The molecule has 9 heteroatoms. The van der Waals surface area contributed by atoms with E-state index in [-0.39, 0.29) is 17.7 Å². The van der Waals surface area contributed by atoms with Gasteiger partial charge in [-0.25, -0.2) is 18.6 Å². The second kappa shape index (κ2) is 11.0. The Morgan fingerprint density at radius 2 is 1.76 bits per heavy atom. The molecule has 0 fully saturated rings. The molecule has 37 heavy (non-hydrogen) atoms. The van der Waals surface area contributed by atoms with Crippen LogP contribution < -0.4 is 15.2 Å². The van der Waals surface area contributed by atoms with E-state index in [9.17, 15) is 9.59 Å². The number of nitrogens with two attached hydrogens (primary N) is 1. The van der Waals surface area contributed by atoms with Gasteiger partial charge in [-0.05, 0) is 43.0 Å². The van der Waals surface area contributed by atoms with E-state index in [1.54, 1.807) is 49.4 Å². The molecule has 0 aliphatic carbocycles. The predicted molar refractivity (Wildman–Crippen MR) is 133 cm³/mol. The highest BCUT2D eigenvalue weighted by atomic mass is 19.1. The van der Waals surface area contributed by atoms with E-state index in [1.807, 2.05) is 6.07 Å². The molecule has 1 aromatic heterocycles. The number of nitrogens with zero attached hydrogens (tertiary/aromatic N) is 1. The van der Waals surface area contributed by atoms with Gasteiger partial charge in [0.2, 0.25) is 5.88 Å². The number of halogens is 2. The van der Waals surface area contributed by atoms with Gasteiger partial charge in [0, 0.05) is 22.7 Å². The molecule has 4 rings (SSSR count). The van der Waals surface area contributed by atoms with Crippen molar-refractivity contribution in [3.63, 3.8) is 0 Å². The average Bonchev–Trinajstić information content (AvgIpc) is 2.88. The lowest BCUT2D eigenvalue weighted by molar-refractivity contribution is 0.102. The molecule has 0 aliphatic rings. The minimum Gasteiger partial charge on any atom is -0.485 e. The van der Waals surface area contributed by atoms with Crippen molar-refractivity contribution in [3.05, 3.63) is 101 Å². The number of ether oxygens (including phenoxy) is 3. The van der Waals surface area contributed by atoms with Crippen LogP contribution in [0.1, 0.15) is 47.0 Å². The van der Waals surface area contributed by atoms with Gasteiger partial charge in [0.1, 0.15) is 18.5 Å². The smallest absolute Gasteiger partial charge is 0.405 e. The van der Waals surface area contributed by atoms with E-state index < -0.39 is 40.9 Å². The fraction of sp³-hybridized carbons (Fsp3) is 0.179. The van der Waals surface area contributed by atoms with Crippen LogP contribution in [-0.2, 0) is 11.3 Å². The van der Waals surface area contributed by atoms with E-state index in [0.717, 1.165) is 6.07 Å². The van der Waals surface area contributed by atoms with Crippen molar-refractivity contribution < 1.29 is 32.6 Å². The number of carbonyl (C=O) groups excluding carboxylic acids is 2. The van der Waals surface area contributed by atoms with Crippen molar-refractivity contribution in [2.24, 2.45) is 5.73 Å². The zero-order valence-corrected chi connectivity index (χ0v) is 20.2. The van der Waals surface area contributed by atoms with E-state index in [1.165, 1.54) is 19.2 Å². The van der Waals surface area contributed by atoms with Crippen LogP contribution >= 0.6 is 0 Å². The molecule has 4 aromatic rings. The number of rotatable bonds is 9. The van der Waals surface area contributed by atoms with Gasteiger partial charge in [0.25, 0.3) is 0 Å². The number of primary amides is 1. The number of aromatic nitrogens is 1. The molecule has 7 nitrogen and oxygen atoms in total. The molecule has 0 saturated carbocycles. The predicted octanol–water partition coefficient (Wildman–Crippen LogP) is 5.88. The molecule has 2 N–H and O–H groups in total. The zero-order chi connectivity index (χ0) is 26.5. The summed E-state index contributed by atoms with van der Waals surface area (Å²) in [6.45, 7) is 3.46. The largest absolute Gasteiger partial charge is 0.485 e. The minimum absolute atomic E-state index is 0.0573. The fourth-order valence-electron chi connectivity index (χ4n) is 4.01. The molecule has 1 amide bonds. The van der Waals surface area contributed by atoms with Gasteiger partial charge in [-0.3, -0.25) is 4.79 Å². The first-order valence-electron chi connectivity index (χ1n) is 11.5. The molecule has 0 radical (unpaired) electrons. The maximum Gasteiger partial charge on any atom is 0.405 e. The Hall–Kier alpha value is -4.53. The first-order chi connectivity index (χ1) is 17.8. The van der Waals surface area contributed by atoms with Gasteiger partial charge < -0.3 is 19.9 Å². The van der Waals surface area contributed by atoms with Crippen molar-refractivity contribution in [2.45, 2.75) is 26.6 Å². The van der Waals surface area contributed by atoms with Gasteiger partial charge in [0.05, 0.1) is 12.2 Å². The number of amides is 1. The maximum absolute atomic E-state index is 15.9. The summed E-state index contributed by atoms with van der Waals surface area (Å²) in [5.41, 5.74) is 4.95. The Kier molecular flexibility index (Phi) is 7.62. The van der Waals surface area contributed by atoms with Gasteiger partial charge in [0.15, 0.2) is 17.3 Å². The molecule has 0 aliphatic heterocycles. The Balaban J connectivity index is 1.83. The highest BCUT2D eigenvalue weighted by molar-refractivity contribution is 6.17. The number of benzene rings is 3. The quantitative estimate of drug-likeness (QED) is 0.285. The fourth-order valence-corrected chi connectivity index (χ4v) is 4.01. The van der Waals surface area contributed by atoms with E-state index in [4.69, 9.17) is 19.9 Å². The lowest BCUT2D eigenvalue weighted by Gasteiger charge is -2.20.